The van der Waals surface area contributed by atoms with E-state index in [1.807, 2.05) is 42.5 Å². The molecule has 0 aliphatic carbocycles. The second-order valence-corrected chi connectivity index (χ2v) is 12.8. The number of hydrogen-bond acceptors (Lipinski definition) is 3. The molecular formula is C46H31AlN3O. The maximum atomic E-state index is 5.19. The van der Waals surface area contributed by atoms with E-state index in [-0.39, 0.29) is 0 Å². The molecule has 0 fully saturated rings. The van der Waals surface area contributed by atoms with Gasteiger partial charge >= 0.3 is 16.6 Å². The highest BCUT2D eigenvalue weighted by Crippen LogP contribution is 2.36. The summed E-state index contributed by atoms with van der Waals surface area (Å²) in [6.45, 7) is 0. The minimum Gasteiger partial charge on any atom is -0.649 e. The van der Waals surface area contributed by atoms with Gasteiger partial charge in [-0.3, -0.25) is 9.55 Å². The van der Waals surface area contributed by atoms with Gasteiger partial charge in [0.25, 0.3) is 0 Å². The molecule has 0 unspecified atom stereocenters. The Balaban J connectivity index is 0.000000246. The fourth-order valence-electron chi connectivity index (χ4n) is 7.08. The number of hydrogen-bond donors (Lipinski definition) is 0. The molecule has 5 heteroatoms. The standard InChI is InChI=1S/C37H24N2.C9H7NO.Al.H/c1-2-11-30(12-3-1)39-36-16-7-6-15-35(36)38-37(39)26-19-17-25(18-20-26)31-13-8-14-32-33(31)22-21-29-23-27-9-4-5-10-28(27)24-34(29)32;11-8-5-1-3-7-4-2-6-10-9(7)8;;/h1-24H;1-6,11H;;/q;;+1;/p-1. The summed E-state index contributed by atoms with van der Waals surface area (Å²) in [4.78, 5) is 9.27. The van der Waals surface area contributed by atoms with Gasteiger partial charge in [-0.1, -0.05) is 127 Å². The van der Waals surface area contributed by atoms with E-state index in [0.717, 1.165) is 44.8 Å². The first kappa shape index (κ1) is 30.8. The van der Waals surface area contributed by atoms with E-state index >= 15 is 0 Å². The van der Waals surface area contributed by atoms with E-state index in [9.17, 15) is 0 Å². The number of rotatable bonds is 4. The highest BCUT2D eigenvalue weighted by molar-refractivity contribution is 6.15. The number of fused-ring (bicyclic) bond motifs is 6. The van der Waals surface area contributed by atoms with Gasteiger partial charge in [-0.15, -0.1) is 0 Å². The number of imidazole rings is 1. The van der Waals surface area contributed by atoms with Crippen LogP contribution in [0.5, 0.6) is 5.75 Å². The summed E-state index contributed by atoms with van der Waals surface area (Å²) in [6.07, 6.45) is 1.77. The van der Waals surface area contributed by atoms with Crippen LogP contribution in [0.15, 0.2) is 182 Å². The number of benzene rings is 8. The van der Waals surface area contributed by atoms with Crippen LogP contribution in [0.2, 0.25) is 0 Å². The van der Waals surface area contributed by atoms with E-state index < -0.39 is 0 Å². The molecule has 10 rings (SSSR count). The normalized spacial score (nSPS) is 11.2. The molecule has 4 nitrogen and oxygen atoms in total. The zero-order valence-corrected chi connectivity index (χ0v) is 29.2. The van der Waals surface area contributed by atoms with E-state index in [1.165, 1.54) is 60.1 Å². The van der Waals surface area contributed by atoms with Crippen molar-refractivity contribution in [1.29, 1.82) is 0 Å². The van der Waals surface area contributed by atoms with Gasteiger partial charge in [0.1, 0.15) is 17.1 Å². The quantitative estimate of drug-likeness (QED) is 0.106. The molecule has 2 heterocycles. The van der Waals surface area contributed by atoms with E-state index in [4.69, 9.17) is 8.77 Å². The summed E-state index contributed by atoms with van der Waals surface area (Å²) in [5.74, 6) is 1.79. The molecule has 0 saturated heterocycles. The Morgan fingerprint density at radius 1 is 0.490 bits per heavy atom. The van der Waals surface area contributed by atoms with Gasteiger partial charge < -0.3 is 3.79 Å². The summed E-state index contributed by atoms with van der Waals surface area (Å²) in [6, 6.07) is 61.9. The molecule has 0 bridgehead atoms. The molecule has 0 spiro atoms. The summed E-state index contributed by atoms with van der Waals surface area (Å²) in [7, 11) is 0. The van der Waals surface area contributed by atoms with Crippen LogP contribution in [0, 0.1) is 0 Å². The van der Waals surface area contributed by atoms with Crippen LogP contribution in [0.25, 0.3) is 82.5 Å². The van der Waals surface area contributed by atoms with Crippen LogP contribution in [0.3, 0.4) is 0 Å². The van der Waals surface area contributed by atoms with Crippen LogP contribution in [-0.4, -0.2) is 31.2 Å². The molecule has 51 heavy (non-hydrogen) atoms. The fraction of sp³-hybridized carbons (Fsp3) is 0. The maximum Gasteiger partial charge on any atom is 0.494 e. The highest BCUT2D eigenvalue weighted by atomic mass is 27.1. The minimum atomic E-state index is 0.839. The summed E-state index contributed by atoms with van der Waals surface area (Å²) < 4.78 is 7.44. The smallest absolute Gasteiger partial charge is 0.494 e. The van der Waals surface area contributed by atoms with Crippen LogP contribution in [0.1, 0.15) is 0 Å². The van der Waals surface area contributed by atoms with Gasteiger partial charge in [-0.2, -0.15) is 0 Å². The monoisotopic (exact) mass is 668 g/mol. The Morgan fingerprint density at radius 2 is 1.20 bits per heavy atom. The predicted octanol–water partition coefficient (Wildman–Crippen LogP) is 11.2. The van der Waals surface area contributed by atoms with Crippen molar-refractivity contribution in [2.24, 2.45) is 0 Å². The average Bonchev–Trinajstić information content (AvgIpc) is 3.60. The first-order valence-corrected chi connectivity index (χ1v) is 17.6. The lowest BCUT2D eigenvalue weighted by molar-refractivity contribution is 0.622. The molecule has 2 aromatic heterocycles. The van der Waals surface area contributed by atoms with Gasteiger partial charge in [0.05, 0.1) is 11.0 Å². The van der Waals surface area contributed by atoms with E-state index in [1.54, 1.807) is 6.20 Å². The Bertz CT molecular complexity index is 2840. The highest BCUT2D eigenvalue weighted by Gasteiger charge is 2.15. The lowest BCUT2D eigenvalue weighted by Crippen LogP contribution is -1.97. The van der Waals surface area contributed by atoms with Crippen molar-refractivity contribution >= 4 is 70.9 Å². The van der Waals surface area contributed by atoms with E-state index in [2.05, 4.69) is 143 Å². The first-order valence-electron chi connectivity index (χ1n) is 17.0. The third-order valence-electron chi connectivity index (χ3n) is 9.52. The lowest BCUT2D eigenvalue weighted by atomic mass is 9.93. The second-order valence-electron chi connectivity index (χ2n) is 12.5. The van der Waals surface area contributed by atoms with Gasteiger partial charge in [-0.25, -0.2) is 4.98 Å². The Morgan fingerprint density at radius 3 is 2.04 bits per heavy atom. The number of nitrogens with zero attached hydrogens (tertiary/aromatic N) is 3. The summed E-state index contributed by atoms with van der Waals surface area (Å²) in [5.41, 5.74) is 7.67. The summed E-state index contributed by atoms with van der Waals surface area (Å²) >= 11 is 1.47. The molecule has 1 radical (unpaired) electrons. The van der Waals surface area contributed by atoms with Crippen molar-refractivity contribution in [2.45, 2.75) is 0 Å². The van der Waals surface area contributed by atoms with Gasteiger partial charge in [0.2, 0.25) is 0 Å². The minimum absolute atomic E-state index is 0.839. The third-order valence-corrected chi connectivity index (χ3v) is 9.84. The molecule has 0 amide bonds. The Kier molecular flexibility index (Phi) is 7.98. The molecule has 0 atom stereocenters. The van der Waals surface area contributed by atoms with E-state index in [0.29, 0.717) is 0 Å². The lowest BCUT2D eigenvalue weighted by Gasteiger charge is -2.12. The number of pyridine rings is 1. The molecule has 0 saturated carbocycles. The molecule has 0 aliphatic rings. The molecule has 0 N–H and O–H groups in total. The Labute approximate surface area is 304 Å². The fourth-order valence-corrected chi connectivity index (χ4v) is 7.32. The SMILES string of the molecule is [AlH][O]c1cccc2cccnc12.c1ccc(-n2c(-c3ccc(-c4cccc5c4ccc4cc6ccccc6cc45)cc3)nc3ccccc32)cc1. The molecule has 8 aromatic carbocycles. The van der Waals surface area contributed by atoms with Crippen LogP contribution in [0.4, 0.5) is 0 Å². The van der Waals surface area contributed by atoms with Crippen molar-refractivity contribution in [3.63, 3.8) is 0 Å². The topological polar surface area (TPSA) is 39.9 Å². The predicted molar refractivity (Wildman–Crippen MR) is 214 cm³/mol. The van der Waals surface area contributed by atoms with Crippen molar-refractivity contribution < 1.29 is 3.79 Å². The van der Waals surface area contributed by atoms with Gasteiger partial charge in [-0.05, 0) is 92.0 Å². The van der Waals surface area contributed by atoms with Crippen molar-refractivity contribution in [3.8, 4) is 34.0 Å². The third kappa shape index (κ3) is 5.69. The van der Waals surface area contributed by atoms with Crippen molar-refractivity contribution in [2.75, 3.05) is 0 Å². The van der Waals surface area contributed by atoms with Gasteiger partial charge in [0.15, 0.2) is 0 Å². The average molecular weight is 669 g/mol. The zero-order chi connectivity index (χ0) is 34.1. The molecular weight excluding hydrogens is 638 g/mol. The first-order chi connectivity index (χ1) is 25.2. The van der Waals surface area contributed by atoms with Crippen LogP contribution in [-0.2, 0) is 0 Å². The van der Waals surface area contributed by atoms with Gasteiger partial charge in [0, 0.05) is 22.8 Å². The van der Waals surface area contributed by atoms with Crippen LogP contribution < -0.4 is 3.79 Å². The summed E-state index contributed by atoms with van der Waals surface area (Å²) in [5, 5.41) is 8.78. The number of para-hydroxylation sites is 4. The zero-order valence-electron chi connectivity index (χ0n) is 27.8. The van der Waals surface area contributed by atoms with Crippen molar-refractivity contribution in [3.05, 3.63) is 182 Å². The number of aromatic nitrogens is 3. The molecule has 10 aromatic rings. The van der Waals surface area contributed by atoms with Crippen LogP contribution >= 0.6 is 0 Å². The maximum absolute atomic E-state index is 5.19. The largest absolute Gasteiger partial charge is 0.649 e. The Hall–Kier alpha value is -6.25. The second kappa shape index (κ2) is 13.2. The molecule has 0 aliphatic heterocycles. The molecule has 239 valence electrons. The van der Waals surface area contributed by atoms with Crippen molar-refractivity contribution in [1.82, 2.24) is 14.5 Å².